The number of terminal acetylenes is 1. The summed E-state index contributed by atoms with van der Waals surface area (Å²) in [6, 6.07) is 0. The molecule has 0 N–H and O–H groups in total. The Morgan fingerprint density at radius 3 is 1.43 bits per heavy atom. The Labute approximate surface area is 129 Å². The Bertz CT molecular complexity index is 237. The molecule has 0 aromatic rings. The molecule has 0 heterocycles. The van der Waals surface area contributed by atoms with E-state index in [4.69, 9.17) is 30.1 Å². The summed E-state index contributed by atoms with van der Waals surface area (Å²) >= 11 is 0. The number of hydrogen-bond acceptors (Lipinski definition) is 5. The molecule has 0 radical (unpaired) electrons. The van der Waals surface area contributed by atoms with E-state index in [1.807, 2.05) is 0 Å². The van der Waals surface area contributed by atoms with Gasteiger partial charge in [0.15, 0.2) is 0 Å². The molecule has 0 rings (SSSR count). The summed E-state index contributed by atoms with van der Waals surface area (Å²) in [4.78, 5) is 0. The molecule has 0 aliphatic carbocycles. The van der Waals surface area contributed by atoms with Crippen LogP contribution < -0.4 is 0 Å². The Morgan fingerprint density at radius 1 is 0.667 bits per heavy atom. The zero-order valence-corrected chi connectivity index (χ0v) is 13.5. The molecule has 0 aliphatic rings. The van der Waals surface area contributed by atoms with Crippen molar-refractivity contribution in [1.82, 2.24) is 0 Å². The molecule has 0 aromatic heterocycles. The maximum Gasteiger partial charge on any atom is 0.107 e. The van der Waals surface area contributed by atoms with E-state index in [0.29, 0.717) is 65.4 Å². The highest BCUT2D eigenvalue weighted by atomic mass is 16.6. The van der Waals surface area contributed by atoms with Crippen LogP contribution in [0.3, 0.4) is 0 Å². The van der Waals surface area contributed by atoms with Gasteiger partial charge in [0.1, 0.15) is 6.61 Å². The summed E-state index contributed by atoms with van der Waals surface area (Å²) in [5.74, 6) is 3.08. The second-order valence-electron chi connectivity index (χ2n) is 4.89. The predicted molar refractivity (Wildman–Crippen MR) is 82.4 cm³/mol. The van der Waals surface area contributed by atoms with Gasteiger partial charge < -0.3 is 23.7 Å². The predicted octanol–water partition coefficient (Wildman–Crippen LogP) is 1.75. The minimum absolute atomic E-state index is 0.332. The van der Waals surface area contributed by atoms with Crippen LogP contribution in [0, 0.1) is 18.3 Å². The highest BCUT2D eigenvalue weighted by molar-refractivity contribution is 4.82. The van der Waals surface area contributed by atoms with E-state index in [0.717, 1.165) is 13.0 Å². The molecule has 0 aromatic carbocycles. The summed E-state index contributed by atoms with van der Waals surface area (Å²) in [6.45, 7) is 10.1. The molecule has 21 heavy (non-hydrogen) atoms. The van der Waals surface area contributed by atoms with Crippen LogP contribution in [0.4, 0.5) is 0 Å². The van der Waals surface area contributed by atoms with Gasteiger partial charge in [-0.2, -0.15) is 0 Å². The lowest BCUT2D eigenvalue weighted by atomic mass is 10.1. The van der Waals surface area contributed by atoms with Crippen LogP contribution in [0.5, 0.6) is 0 Å². The van der Waals surface area contributed by atoms with Crippen molar-refractivity contribution in [2.45, 2.75) is 20.3 Å². The molecule has 0 bridgehead atoms. The lowest BCUT2D eigenvalue weighted by Crippen LogP contribution is -2.13. The molecule has 0 atom stereocenters. The Balaban J connectivity index is 2.95. The second kappa shape index (κ2) is 17.4. The second-order valence-corrected chi connectivity index (χ2v) is 4.89. The highest BCUT2D eigenvalue weighted by Gasteiger charge is 1.95. The Morgan fingerprint density at radius 2 is 1.05 bits per heavy atom. The van der Waals surface area contributed by atoms with Crippen LogP contribution in [-0.4, -0.2) is 66.1 Å². The number of ether oxygens (including phenoxy) is 5. The molecule has 0 fully saturated rings. The fourth-order valence-electron chi connectivity index (χ4n) is 1.33. The SMILES string of the molecule is C#CCOCCOCCOCCOCCOCCC(C)C. The first-order valence-corrected chi connectivity index (χ1v) is 7.59. The molecule has 0 unspecified atom stereocenters. The maximum absolute atomic E-state index is 5.43. The lowest BCUT2D eigenvalue weighted by molar-refractivity contribution is -0.00974. The van der Waals surface area contributed by atoms with E-state index in [-0.39, 0.29) is 0 Å². The van der Waals surface area contributed by atoms with Crippen molar-refractivity contribution in [3.05, 3.63) is 0 Å². The van der Waals surface area contributed by atoms with Crippen LogP contribution in [-0.2, 0) is 23.7 Å². The van der Waals surface area contributed by atoms with Crippen molar-refractivity contribution in [3.8, 4) is 12.3 Å². The quantitative estimate of drug-likeness (QED) is 0.321. The first-order valence-electron chi connectivity index (χ1n) is 7.59. The van der Waals surface area contributed by atoms with Gasteiger partial charge in [0.2, 0.25) is 0 Å². The van der Waals surface area contributed by atoms with Crippen molar-refractivity contribution < 1.29 is 23.7 Å². The number of rotatable bonds is 16. The maximum atomic E-state index is 5.43. The van der Waals surface area contributed by atoms with Gasteiger partial charge in [-0.3, -0.25) is 0 Å². The summed E-state index contributed by atoms with van der Waals surface area (Å²) in [5, 5.41) is 0. The van der Waals surface area contributed by atoms with E-state index in [2.05, 4.69) is 19.8 Å². The van der Waals surface area contributed by atoms with Gasteiger partial charge in [-0.25, -0.2) is 0 Å². The summed E-state index contributed by atoms with van der Waals surface area (Å²) in [6.07, 6.45) is 6.13. The molecular weight excluding hydrogens is 272 g/mol. The fraction of sp³-hybridized carbons (Fsp3) is 0.875. The van der Waals surface area contributed by atoms with Gasteiger partial charge in [-0.05, 0) is 12.3 Å². The van der Waals surface area contributed by atoms with Crippen LogP contribution in [0.1, 0.15) is 20.3 Å². The minimum atomic E-state index is 0.332. The average molecular weight is 302 g/mol. The third kappa shape index (κ3) is 19.4. The van der Waals surface area contributed by atoms with Crippen LogP contribution in [0.15, 0.2) is 0 Å². The van der Waals surface area contributed by atoms with Crippen molar-refractivity contribution in [2.75, 3.05) is 66.1 Å². The molecule has 5 nitrogen and oxygen atoms in total. The number of hydrogen-bond donors (Lipinski definition) is 0. The van der Waals surface area contributed by atoms with Crippen molar-refractivity contribution in [1.29, 1.82) is 0 Å². The zero-order chi connectivity index (χ0) is 15.6. The van der Waals surface area contributed by atoms with Crippen molar-refractivity contribution in [2.24, 2.45) is 5.92 Å². The van der Waals surface area contributed by atoms with E-state index in [9.17, 15) is 0 Å². The topological polar surface area (TPSA) is 46.2 Å². The smallest absolute Gasteiger partial charge is 0.107 e. The average Bonchev–Trinajstić information content (AvgIpc) is 2.46. The summed E-state index contributed by atoms with van der Waals surface area (Å²) < 4.78 is 26.5. The van der Waals surface area contributed by atoms with E-state index in [1.165, 1.54) is 0 Å². The third-order valence-corrected chi connectivity index (χ3v) is 2.51. The Kier molecular flexibility index (Phi) is 16.9. The van der Waals surface area contributed by atoms with Gasteiger partial charge in [0.25, 0.3) is 0 Å². The summed E-state index contributed by atoms with van der Waals surface area (Å²) in [7, 11) is 0. The van der Waals surface area contributed by atoms with Gasteiger partial charge in [0.05, 0.1) is 52.9 Å². The first kappa shape index (κ1) is 20.4. The van der Waals surface area contributed by atoms with E-state index >= 15 is 0 Å². The normalized spacial score (nSPS) is 11.0. The molecule has 0 aliphatic heterocycles. The largest absolute Gasteiger partial charge is 0.379 e. The molecule has 0 saturated carbocycles. The molecule has 124 valence electrons. The summed E-state index contributed by atoms with van der Waals surface area (Å²) in [5.41, 5.74) is 0. The lowest BCUT2D eigenvalue weighted by Gasteiger charge is -2.08. The Hall–Kier alpha value is -0.640. The van der Waals surface area contributed by atoms with Crippen molar-refractivity contribution in [3.63, 3.8) is 0 Å². The van der Waals surface area contributed by atoms with Gasteiger partial charge >= 0.3 is 0 Å². The van der Waals surface area contributed by atoms with E-state index < -0.39 is 0 Å². The molecule has 0 amide bonds. The fourth-order valence-corrected chi connectivity index (χ4v) is 1.33. The van der Waals surface area contributed by atoms with Crippen LogP contribution in [0.25, 0.3) is 0 Å². The zero-order valence-electron chi connectivity index (χ0n) is 13.5. The molecule has 5 heteroatoms. The highest BCUT2D eigenvalue weighted by Crippen LogP contribution is 1.98. The van der Waals surface area contributed by atoms with Gasteiger partial charge in [-0.1, -0.05) is 19.8 Å². The molecule has 0 spiro atoms. The molecule has 0 saturated heterocycles. The van der Waals surface area contributed by atoms with E-state index in [1.54, 1.807) is 0 Å². The first-order chi connectivity index (χ1) is 10.3. The van der Waals surface area contributed by atoms with Crippen LogP contribution >= 0.6 is 0 Å². The van der Waals surface area contributed by atoms with Gasteiger partial charge in [-0.15, -0.1) is 6.42 Å². The minimum Gasteiger partial charge on any atom is -0.379 e. The monoisotopic (exact) mass is 302 g/mol. The molecular formula is C16H30O5. The third-order valence-electron chi connectivity index (χ3n) is 2.51. The van der Waals surface area contributed by atoms with Crippen LogP contribution in [0.2, 0.25) is 0 Å². The van der Waals surface area contributed by atoms with Gasteiger partial charge in [0, 0.05) is 6.61 Å². The standard InChI is InChI=1S/C16H30O5/c1-4-6-17-8-10-19-12-14-21-15-13-20-11-9-18-7-5-16(2)3/h1,16H,5-15H2,2-3H3. The van der Waals surface area contributed by atoms with Crippen molar-refractivity contribution >= 4 is 0 Å².